The lowest BCUT2D eigenvalue weighted by Crippen LogP contribution is -2.20. The summed E-state index contributed by atoms with van der Waals surface area (Å²) >= 11 is 1.54. The summed E-state index contributed by atoms with van der Waals surface area (Å²) in [5.74, 6) is 1.37. The van der Waals surface area contributed by atoms with E-state index in [0.29, 0.717) is 12.4 Å². The van der Waals surface area contributed by atoms with Crippen LogP contribution in [0.1, 0.15) is 18.1 Å². The molecule has 1 N–H and O–H groups in total. The largest absolute Gasteiger partial charge is 0.491 e. The Hall–Kier alpha value is -1.52. The highest BCUT2D eigenvalue weighted by molar-refractivity contribution is 7.99. The molecule has 1 aromatic heterocycles. The Balaban J connectivity index is 1.73. The second kappa shape index (κ2) is 8.05. The Labute approximate surface area is 130 Å². The van der Waals surface area contributed by atoms with E-state index in [0.717, 1.165) is 22.8 Å². The number of thioether (sulfide) groups is 1. The fraction of sp³-hybridized carbons (Fsp3) is 0.353. The van der Waals surface area contributed by atoms with Crippen LogP contribution in [0.15, 0.2) is 47.6 Å². The Bertz CT molecular complexity index is 540. The molecule has 21 heavy (non-hydrogen) atoms. The van der Waals surface area contributed by atoms with Crippen LogP contribution in [0.3, 0.4) is 0 Å². The molecule has 2 aromatic rings. The Morgan fingerprint density at radius 3 is 2.57 bits per heavy atom. The summed E-state index contributed by atoms with van der Waals surface area (Å²) in [7, 11) is 0. The van der Waals surface area contributed by atoms with E-state index >= 15 is 0 Å². The van der Waals surface area contributed by atoms with Gasteiger partial charge in [0.05, 0.1) is 11.1 Å². The first kappa shape index (κ1) is 15.9. The summed E-state index contributed by atoms with van der Waals surface area (Å²) in [6.45, 7) is 4.42. The van der Waals surface area contributed by atoms with Gasteiger partial charge in [-0.15, -0.1) is 11.8 Å². The number of pyridine rings is 1. The van der Waals surface area contributed by atoms with E-state index in [-0.39, 0.29) is 0 Å². The molecule has 112 valence electrons. The molecule has 2 rings (SSSR count). The van der Waals surface area contributed by atoms with Crippen LogP contribution < -0.4 is 4.74 Å². The van der Waals surface area contributed by atoms with Crippen molar-refractivity contribution in [3.05, 3.63) is 53.7 Å². The molecule has 4 heteroatoms. The predicted molar refractivity (Wildman–Crippen MR) is 87.0 cm³/mol. The van der Waals surface area contributed by atoms with Crippen molar-refractivity contribution in [1.82, 2.24) is 4.98 Å². The summed E-state index contributed by atoms with van der Waals surface area (Å²) in [5.41, 5.74) is 2.42. The molecular weight excluding hydrogens is 282 g/mol. The van der Waals surface area contributed by atoms with E-state index in [9.17, 15) is 5.11 Å². The third-order valence-corrected chi connectivity index (χ3v) is 4.17. The number of aliphatic hydroxyl groups is 1. The van der Waals surface area contributed by atoms with E-state index < -0.39 is 6.10 Å². The third kappa shape index (κ3) is 5.40. The quantitative estimate of drug-likeness (QED) is 0.795. The van der Waals surface area contributed by atoms with Crippen LogP contribution in [0, 0.1) is 6.92 Å². The summed E-state index contributed by atoms with van der Waals surface area (Å²) in [6.07, 6.45) is 2.34. The molecule has 0 amide bonds. The average Bonchev–Trinajstić information content (AvgIpc) is 2.53. The lowest BCUT2D eigenvalue weighted by Gasteiger charge is -2.12. The van der Waals surface area contributed by atoms with Gasteiger partial charge in [0.25, 0.3) is 0 Å². The second-order valence-corrected chi connectivity index (χ2v) is 5.99. The van der Waals surface area contributed by atoms with E-state index in [2.05, 4.69) is 11.9 Å². The highest BCUT2D eigenvalue weighted by atomic mass is 32.2. The van der Waals surface area contributed by atoms with Crippen molar-refractivity contribution in [2.24, 2.45) is 0 Å². The zero-order valence-corrected chi connectivity index (χ0v) is 13.3. The SMILES string of the molecule is CCc1ccc(OCC(O)CSc2ccc(C)cn2)cc1. The van der Waals surface area contributed by atoms with E-state index in [1.807, 2.05) is 49.5 Å². The van der Waals surface area contributed by atoms with Gasteiger partial charge in [-0.25, -0.2) is 4.98 Å². The normalized spacial score (nSPS) is 12.1. The minimum Gasteiger partial charge on any atom is -0.491 e. The van der Waals surface area contributed by atoms with Crippen LogP contribution in [0.2, 0.25) is 0 Å². The molecule has 1 unspecified atom stereocenters. The van der Waals surface area contributed by atoms with E-state index in [1.165, 1.54) is 17.3 Å². The van der Waals surface area contributed by atoms with Crippen molar-refractivity contribution < 1.29 is 9.84 Å². The van der Waals surface area contributed by atoms with Crippen LogP contribution in [-0.4, -0.2) is 28.6 Å². The summed E-state index contributed by atoms with van der Waals surface area (Å²) < 4.78 is 5.59. The van der Waals surface area contributed by atoms with Crippen LogP contribution in [-0.2, 0) is 6.42 Å². The number of benzene rings is 1. The first-order chi connectivity index (χ1) is 10.2. The van der Waals surface area contributed by atoms with Crippen molar-refractivity contribution in [2.45, 2.75) is 31.4 Å². The number of aliphatic hydroxyl groups excluding tert-OH is 1. The number of aryl methyl sites for hydroxylation is 2. The Morgan fingerprint density at radius 2 is 1.95 bits per heavy atom. The van der Waals surface area contributed by atoms with Gasteiger partial charge in [0, 0.05) is 11.9 Å². The Morgan fingerprint density at radius 1 is 1.19 bits per heavy atom. The van der Waals surface area contributed by atoms with Gasteiger partial charge in [0.15, 0.2) is 0 Å². The molecule has 0 aliphatic rings. The monoisotopic (exact) mass is 303 g/mol. The van der Waals surface area contributed by atoms with Crippen molar-refractivity contribution in [2.75, 3.05) is 12.4 Å². The molecule has 0 aliphatic carbocycles. The van der Waals surface area contributed by atoms with E-state index in [4.69, 9.17) is 4.74 Å². The first-order valence-electron chi connectivity index (χ1n) is 7.12. The zero-order chi connectivity index (χ0) is 15.1. The van der Waals surface area contributed by atoms with Crippen LogP contribution in [0.4, 0.5) is 0 Å². The van der Waals surface area contributed by atoms with Gasteiger partial charge in [-0.1, -0.05) is 25.1 Å². The third-order valence-electron chi connectivity index (χ3n) is 3.08. The molecule has 0 saturated carbocycles. The van der Waals surface area contributed by atoms with Crippen molar-refractivity contribution in [1.29, 1.82) is 0 Å². The minimum absolute atomic E-state index is 0.296. The van der Waals surface area contributed by atoms with Gasteiger partial charge in [-0.2, -0.15) is 0 Å². The van der Waals surface area contributed by atoms with E-state index in [1.54, 1.807) is 0 Å². The first-order valence-corrected chi connectivity index (χ1v) is 8.11. The van der Waals surface area contributed by atoms with Gasteiger partial charge in [-0.05, 0) is 42.7 Å². The lowest BCUT2D eigenvalue weighted by atomic mass is 10.2. The molecule has 1 heterocycles. The highest BCUT2D eigenvalue weighted by Gasteiger charge is 2.07. The van der Waals surface area contributed by atoms with Crippen LogP contribution in [0.25, 0.3) is 0 Å². The highest BCUT2D eigenvalue weighted by Crippen LogP contribution is 2.17. The van der Waals surface area contributed by atoms with Gasteiger partial charge >= 0.3 is 0 Å². The van der Waals surface area contributed by atoms with Crippen molar-refractivity contribution in [3.63, 3.8) is 0 Å². The van der Waals surface area contributed by atoms with Crippen molar-refractivity contribution >= 4 is 11.8 Å². The molecular formula is C17H21NO2S. The van der Waals surface area contributed by atoms with Gasteiger partial charge in [0.1, 0.15) is 12.4 Å². The fourth-order valence-corrected chi connectivity index (χ4v) is 2.53. The van der Waals surface area contributed by atoms with Gasteiger partial charge < -0.3 is 9.84 Å². The fourth-order valence-electron chi connectivity index (χ4n) is 1.78. The maximum absolute atomic E-state index is 9.95. The maximum Gasteiger partial charge on any atom is 0.119 e. The molecule has 0 saturated heterocycles. The minimum atomic E-state index is -0.510. The molecule has 3 nitrogen and oxygen atoms in total. The standard InChI is InChI=1S/C17H21NO2S/c1-3-14-5-7-16(8-6-14)20-11-15(19)12-21-17-9-4-13(2)10-18-17/h4-10,15,19H,3,11-12H2,1-2H3. The maximum atomic E-state index is 9.95. The van der Waals surface area contributed by atoms with Crippen molar-refractivity contribution in [3.8, 4) is 5.75 Å². The van der Waals surface area contributed by atoms with Gasteiger partial charge in [0.2, 0.25) is 0 Å². The predicted octanol–water partition coefficient (Wildman–Crippen LogP) is 3.48. The number of hydrogen-bond acceptors (Lipinski definition) is 4. The summed E-state index contributed by atoms with van der Waals surface area (Å²) in [5, 5.41) is 10.9. The average molecular weight is 303 g/mol. The summed E-state index contributed by atoms with van der Waals surface area (Å²) in [4.78, 5) is 4.30. The molecule has 0 spiro atoms. The molecule has 0 fully saturated rings. The molecule has 0 bridgehead atoms. The number of nitrogens with zero attached hydrogens (tertiary/aromatic N) is 1. The second-order valence-electron chi connectivity index (χ2n) is 4.95. The molecule has 1 atom stereocenters. The van der Waals surface area contributed by atoms with Gasteiger partial charge in [-0.3, -0.25) is 0 Å². The zero-order valence-electron chi connectivity index (χ0n) is 12.5. The number of rotatable bonds is 7. The number of hydrogen-bond donors (Lipinski definition) is 1. The Kier molecular flexibility index (Phi) is 6.08. The molecule has 1 aromatic carbocycles. The van der Waals surface area contributed by atoms with Crippen LogP contribution >= 0.6 is 11.8 Å². The number of aromatic nitrogens is 1. The smallest absolute Gasteiger partial charge is 0.119 e. The lowest BCUT2D eigenvalue weighted by molar-refractivity contribution is 0.126. The summed E-state index contributed by atoms with van der Waals surface area (Å²) in [6, 6.07) is 12.0. The number of ether oxygens (including phenoxy) is 1. The van der Waals surface area contributed by atoms with Crippen LogP contribution in [0.5, 0.6) is 5.75 Å². The molecule has 0 aliphatic heterocycles. The molecule has 0 radical (unpaired) electrons. The topological polar surface area (TPSA) is 42.4 Å².